The number of rotatable bonds is 5. The molecule has 3 rings (SSSR count). The number of nitrogens with zero attached hydrogens (tertiary/aromatic N) is 2. The van der Waals surface area contributed by atoms with Crippen LogP contribution in [-0.2, 0) is 0 Å². The van der Waals surface area contributed by atoms with Crippen LogP contribution in [0.4, 0.5) is 14.5 Å². The smallest absolute Gasteiger partial charge is 0.236 e. The van der Waals surface area contributed by atoms with Crippen molar-refractivity contribution in [1.82, 2.24) is 9.97 Å². The van der Waals surface area contributed by atoms with Gasteiger partial charge in [0.15, 0.2) is 0 Å². The van der Waals surface area contributed by atoms with Crippen LogP contribution in [0.5, 0.6) is 0 Å². The SMILES string of the molecule is CNc1ccc(-c2nc3ccc(SCCF)cc3s2)nc1F. The van der Waals surface area contributed by atoms with E-state index in [1.807, 2.05) is 18.2 Å². The Morgan fingerprint density at radius 2 is 2.09 bits per heavy atom. The topological polar surface area (TPSA) is 37.8 Å². The highest BCUT2D eigenvalue weighted by molar-refractivity contribution is 7.99. The van der Waals surface area contributed by atoms with Crippen LogP contribution in [0.25, 0.3) is 20.9 Å². The van der Waals surface area contributed by atoms with Gasteiger partial charge in [-0.25, -0.2) is 9.97 Å². The fourth-order valence-corrected chi connectivity index (χ4v) is 3.73. The Labute approximate surface area is 134 Å². The summed E-state index contributed by atoms with van der Waals surface area (Å²) in [5, 5.41) is 3.41. The van der Waals surface area contributed by atoms with E-state index in [4.69, 9.17) is 0 Å². The minimum absolute atomic E-state index is 0.350. The first-order chi connectivity index (χ1) is 10.7. The number of fused-ring (bicyclic) bond motifs is 1. The first kappa shape index (κ1) is 15.2. The molecular formula is C15H13F2N3S2. The Morgan fingerprint density at radius 1 is 1.23 bits per heavy atom. The zero-order valence-corrected chi connectivity index (χ0v) is 13.4. The second-order valence-electron chi connectivity index (χ2n) is 4.47. The molecule has 22 heavy (non-hydrogen) atoms. The maximum atomic E-state index is 13.8. The van der Waals surface area contributed by atoms with Crippen molar-refractivity contribution >= 4 is 39.0 Å². The number of alkyl halides is 1. The van der Waals surface area contributed by atoms with E-state index in [1.54, 1.807) is 19.2 Å². The Kier molecular flexibility index (Phi) is 4.54. The van der Waals surface area contributed by atoms with E-state index in [0.717, 1.165) is 15.1 Å². The fourth-order valence-electron chi connectivity index (χ4n) is 2.00. The minimum atomic E-state index is -0.543. The lowest BCUT2D eigenvalue weighted by Gasteiger charge is -2.01. The summed E-state index contributed by atoms with van der Waals surface area (Å²) >= 11 is 2.92. The van der Waals surface area contributed by atoms with Crippen molar-refractivity contribution in [2.45, 2.75) is 4.90 Å². The number of aromatic nitrogens is 2. The molecule has 1 aromatic carbocycles. The molecule has 0 radical (unpaired) electrons. The molecular weight excluding hydrogens is 324 g/mol. The molecule has 2 heterocycles. The number of thiazole rings is 1. The summed E-state index contributed by atoms with van der Waals surface area (Å²) in [5.41, 5.74) is 1.70. The van der Waals surface area contributed by atoms with Crippen LogP contribution in [-0.4, -0.2) is 29.4 Å². The van der Waals surface area contributed by atoms with Crippen LogP contribution in [0.1, 0.15) is 0 Å². The lowest BCUT2D eigenvalue weighted by atomic mass is 10.3. The summed E-state index contributed by atoms with van der Waals surface area (Å²) in [4.78, 5) is 9.44. The maximum Gasteiger partial charge on any atom is 0.236 e. The van der Waals surface area contributed by atoms with Crippen molar-refractivity contribution in [2.75, 3.05) is 24.8 Å². The molecule has 0 aliphatic rings. The van der Waals surface area contributed by atoms with E-state index >= 15 is 0 Å². The van der Waals surface area contributed by atoms with Gasteiger partial charge in [0.2, 0.25) is 5.95 Å². The van der Waals surface area contributed by atoms with Crippen LogP contribution >= 0.6 is 23.1 Å². The Bertz CT molecular complexity index is 805. The quantitative estimate of drug-likeness (QED) is 0.545. The molecule has 3 aromatic rings. The minimum Gasteiger partial charge on any atom is -0.384 e. The molecule has 0 saturated heterocycles. The van der Waals surface area contributed by atoms with E-state index in [1.165, 1.54) is 23.1 Å². The van der Waals surface area contributed by atoms with Gasteiger partial charge >= 0.3 is 0 Å². The molecule has 0 unspecified atom stereocenters. The molecule has 0 saturated carbocycles. The zero-order valence-electron chi connectivity index (χ0n) is 11.8. The summed E-state index contributed by atoms with van der Waals surface area (Å²) in [7, 11) is 1.65. The van der Waals surface area contributed by atoms with Crippen molar-refractivity contribution in [1.29, 1.82) is 0 Å². The number of nitrogens with one attached hydrogen (secondary N) is 1. The summed E-state index contributed by atoms with van der Waals surface area (Å²) < 4.78 is 27.0. The number of anilines is 1. The molecule has 0 spiro atoms. The third-order valence-corrected chi connectivity index (χ3v) is 5.03. The van der Waals surface area contributed by atoms with Gasteiger partial charge in [0.05, 0.1) is 22.6 Å². The second kappa shape index (κ2) is 6.58. The molecule has 0 fully saturated rings. The van der Waals surface area contributed by atoms with Gasteiger partial charge in [-0.1, -0.05) is 0 Å². The third-order valence-electron chi connectivity index (χ3n) is 3.04. The molecule has 1 N–H and O–H groups in total. The Balaban J connectivity index is 1.96. The number of pyridine rings is 1. The molecule has 114 valence electrons. The van der Waals surface area contributed by atoms with Gasteiger partial charge in [-0.15, -0.1) is 23.1 Å². The fraction of sp³-hybridized carbons (Fsp3) is 0.200. The largest absolute Gasteiger partial charge is 0.384 e. The van der Waals surface area contributed by atoms with Crippen molar-refractivity contribution in [3.8, 4) is 10.7 Å². The summed E-state index contributed by atoms with van der Waals surface area (Å²) in [6.45, 7) is -0.350. The average Bonchev–Trinajstić information content (AvgIpc) is 2.96. The van der Waals surface area contributed by atoms with Gasteiger partial charge in [-0.05, 0) is 30.3 Å². The van der Waals surface area contributed by atoms with Gasteiger partial charge in [-0.2, -0.15) is 4.39 Å². The first-order valence-corrected chi connectivity index (χ1v) is 8.45. The predicted octanol–water partition coefficient (Wildman–Crippen LogP) is 4.60. The molecule has 2 aromatic heterocycles. The van der Waals surface area contributed by atoms with E-state index in [2.05, 4.69) is 15.3 Å². The molecule has 0 aliphatic carbocycles. The zero-order chi connectivity index (χ0) is 15.5. The molecule has 7 heteroatoms. The van der Waals surface area contributed by atoms with Crippen molar-refractivity contribution in [3.63, 3.8) is 0 Å². The Morgan fingerprint density at radius 3 is 2.82 bits per heavy atom. The molecule has 0 amide bonds. The van der Waals surface area contributed by atoms with E-state index in [0.29, 0.717) is 22.1 Å². The highest BCUT2D eigenvalue weighted by Gasteiger charge is 2.11. The monoisotopic (exact) mass is 337 g/mol. The van der Waals surface area contributed by atoms with Gasteiger partial charge in [0, 0.05) is 17.7 Å². The van der Waals surface area contributed by atoms with Crippen molar-refractivity contribution < 1.29 is 8.78 Å². The normalized spacial score (nSPS) is 11.0. The lowest BCUT2D eigenvalue weighted by molar-refractivity contribution is 0.533. The number of hydrogen-bond acceptors (Lipinski definition) is 5. The number of thioether (sulfide) groups is 1. The standard InChI is InChI=1S/C15H13F2N3S2/c1-18-11-4-5-12(19-14(11)17)15-20-10-3-2-9(21-7-6-16)8-13(10)22-15/h2-5,8,18H,6-7H2,1H3. The predicted molar refractivity (Wildman–Crippen MR) is 89.1 cm³/mol. The van der Waals surface area contributed by atoms with Gasteiger partial charge in [0.1, 0.15) is 10.7 Å². The van der Waals surface area contributed by atoms with E-state index in [-0.39, 0.29) is 6.67 Å². The second-order valence-corrected chi connectivity index (χ2v) is 6.67. The van der Waals surface area contributed by atoms with Crippen LogP contribution in [0.15, 0.2) is 35.2 Å². The number of benzene rings is 1. The van der Waals surface area contributed by atoms with Crippen LogP contribution in [0, 0.1) is 5.95 Å². The molecule has 3 nitrogen and oxygen atoms in total. The Hall–Kier alpha value is -1.73. The summed E-state index contributed by atoms with van der Waals surface area (Å²) in [6.07, 6.45) is 0. The summed E-state index contributed by atoms with van der Waals surface area (Å²) in [6, 6.07) is 9.19. The molecule has 0 atom stereocenters. The average molecular weight is 337 g/mol. The summed E-state index contributed by atoms with van der Waals surface area (Å²) in [5.74, 6) is -0.103. The van der Waals surface area contributed by atoms with E-state index in [9.17, 15) is 8.78 Å². The highest BCUT2D eigenvalue weighted by atomic mass is 32.2. The van der Waals surface area contributed by atoms with Gasteiger partial charge in [0.25, 0.3) is 0 Å². The number of hydrogen-bond donors (Lipinski definition) is 1. The molecule has 0 bridgehead atoms. The van der Waals surface area contributed by atoms with Crippen molar-refractivity contribution in [3.05, 3.63) is 36.3 Å². The maximum absolute atomic E-state index is 13.8. The van der Waals surface area contributed by atoms with E-state index < -0.39 is 5.95 Å². The third kappa shape index (κ3) is 3.05. The van der Waals surface area contributed by atoms with Crippen LogP contribution in [0.2, 0.25) is 0 Å². The number of halogens is 2. The lowest BCUT2D eigenvalue weighted by Crippen LogP contribution is -1.96. The van der Waals surface area contributed by atoms with Gasteiger partial charge in [-0.3, -0.25) is 4.39 Å². The van der Waals surface area contributed by atoms with Crippen LogP contribution < -0.4 is 5.32 Å². The van der Waals surface area contributed by atoms with Crippen molar-refractivity contribution in [2.24, 2.45) is 0 Å². The van der Waals surface area contributed by atoms with Gasteiger partial charge < -0.3 is 5.32 Å². The first-order valence-electron chi connectivity index (χ1n) is 6.65. The van der Waals surface area contributed by atoms with Crippen LogP contribution in [0.3, 0.4) is 0 Å². The highest BCUT2D eigenvalue weighted by Crippen LogP contribution is 2.32. The molecule has 0 aliphatic heterocycles.